The molecule has 1 aliphatic carbocycles. The van der Waals surface area contributed by atoms with E-state index in [-0.39, 0.29) is 5.56 Å². The molecule has 1 aliphatic rings. The van der Waals surface area contributed by atoms with Crippen molar-refractivity contribution in [2.75, 3.05) is 6.61 Å². The highest BCUT2D eigenvalue weighted by molar-refractivity contribution is 9.10. The molecule has 0 saturated heterocycles. The molecule has 0 radical (unpaired) electrons. The summed E-state index contributed by atoms with van der Waals surface area (Å²) < 4.78 is 18.9. The number of esters is 1. The predicted octanol–water partition coefficient (Wildman–Crippen LogP) is 2.70. The third-order valence-corrected chi connectivity index (χ3v) is 4.03. The molecule has 0 aromatic heterocycles. The van der Waals surface area contributed by atoms with Crippen LogP contribution >= 0.6 is 15.9 Å². The van der Waals surface area contributed by atoms with E-state index in [2.05, 4.69) is 27.3 Å². The quantitative estimate of drug-likeness (QED) is 0.828. The van der Waals surface area contributed by atoms with Crippen LogP contribution in [0.2, 0.25) is 0 Å². The van der Waals surface area contributed by atoms with Gasteiger partial charge in [0.2, 0.25) is 0 Å². The molecule has 0 spiro atoms. The lowest BCUT2D eigenvalue weighted by molar-refractivity contribution is -0.125. The van der Waals surface area contributed by atoms with E-state index < -0.39 is 29.8 Å². The highest BCUT2D eigenvalue weighted by atomic mass is 79.9. The second-order valence-corrected chi connectivity index (χ2v) is 6.07. The number of amides is 1. The van der Waals surface area contributed by atoms with Crippen LogP contribution < -0.4 is 5.32 Å². The van der Waals surface area contributed by atoms with Gasteiger partial charge in [-0.05, 0) is 43.9 Å². The Labute approximate surface area is 135 Å². The molecule has 116 valence electrons. The van der Waals surface area contributed by atoms with Gasteiger partial charge >= 0.3 is 5.97 Å². The van der Waals surface area contributed by atoms with Crippen molar-refractivity contribution >= 4 is 27.8 Å². The van der Waals surface area contributed by atoms with Gasteiger partial charge < -0.3 is 10.1 Å². The Hall–Kier alpha value is -1.94. The van der Waals surface area contributed by atoms with E-state index in [1.165, 1.54) is 12.1 Å². The summed E-state index contributed by atoms with van der Waals surface area (Å²) in [5.41, 5.74) is -1.12. The molecule has 2 rings (SSSR count). The molecule has 0 bridgehead atoms. The number of halogens is 2. The number of ether oxygens (including phenoxy) is 1. The Balaban J connectivity index is 1.92. The van der Waals surface area contributed by atoms with Crippen LogP contribution in [0.15, 0.2) is 22.7 Å². The highest BCUT2D eigenvalue weighted by Gasteiger charge is 2.35. The minimum Gasteiger partial charge on any atom is -0.452 e. The molecule has 0 aliphatic heterocycles. The topological polar surface area (TPSA) is 79.2 Å². The first-order chi connectivity index (χ1) is 10.5. The summed E-state index contributed by atoms with van der Waals surface area (Å²) in [6, 6.07) is 5.97. The van der Waals surface area contributed by atoms with Gasteiger partial charge in [-0.15, -0.1) is 0 Å². The monoisotopic (exact) mass is 368 g/mol. The van der Waals surface area contributed by atoms with Gasteiger partial charge in [0.25, 0.3) is 5.91 Å². The Morgan fingerprint density at radius 1 is 1.41 bits per heavy atom. The molecule has 1 fully saturated rings. The molecule has 1 saturated carbocycles. The molecular formula is C15H14BrFN2O3. The fourth-order valence-electron chi connectivity index (χ4n) is 2.41. The Morgan fingerprint density at radius 2 is 2.09 bits per heavy atom. The van der Waals surface area contributed by atoms with Gasteiger partial charge in [0, 0.05) is 4.47 Å². The lowest BCUT2D eigenvalue weighted by Gasteiger charge is -2.21. The molecule has 1 N–H and O–H groups in total. The molecule has 1 amide bonds. The van der Waals surface area contributed by atoms with E-state index in [0.29, 0.717) is 17.3 Å². The zero-order chi connectivity index (χ0) is 16.2. The highest BCUT2D eigenvalue weighted by Crippen LogP contribution is 2.28. The average Bonchev–Trinajstić information content (AvgIpc) is 2.96. The minimum absolute atomic E-state index is 0.252. The Kier molecular flexibility index (Phi) is 5.14. The third-order valence-electron chi connectivity index (χ3n) is 3.53. The summed E-state index contributed by atoms with van der Waals surface area (Å²) in [6.45, 7) is -0.547. The largest absolute Gasteiger partial charge is 0.452 e. The van der Waals surface area contributed by atoms with Gasteiger partial charge in [0.05, 0.1) is 11.6 Å². The number of nitrogens with zero attached hydrogens (tertiary/aromatic N) is 1. The summed E-state index contributed by atoms with van der Waals surface area (Å²) in [6.07, 6.45) is 2.92. The molecule has 1 aromatic rings. The van der Waals surface area contributed by atoms with Crippen LogP contribution in [0.3, 0.4) is 0 Å². The SMILES string of the molecule is N#CC1(NC(=O)COC(=O)c2cc(Br)ccc2F)CCCC1. The van der Waals surface area contributed by atoms with Crippen LogP contribution in [0.1, 0.15) is 36.0 Å². The normalized spacial score (nSPS) is 15.9. The van der Waals surface area contributed by atoms with Gasteiger partial charge in [-0.2, -0.15) is 5.26 Å². The lowest BCUT2D eigenvalue weighted by atomic mass is 10.00. The van der Waals surface area contributed by atoms with E-state index in [0.717, 1.165) is 18.9 Å². The summed E-state index contributed by atoms with van der Waals surface area (Å²) in [4.78, 5) is 23.6. The predicted molar refractivity (Wildman–Crippen MR) is 79.3 cm³/mol. The number of hydrogen-bond acceptors (Lipinski definition) is 4. The second kappa shape index (κ2) is 6.88. The molecule has 22 heavy (non-hydrogen) atoms. The van der Waals surface area contributed by atoms with Crippen molar-refractivity contribution in [2.45, 2.75) is 31.2 Å². The molecule has 7 heteroatoms. The Bertz CT molecular complexity index is 636. The van der Waals surface area contributed by atoms with E-state index in [1.807, 2.05) is 0 Å². The maximum Gasteiger partial charge on any atom is 0.341 e. The van der Waals surface area contributed by atoms with Crippen molar-refractivity contribution in [2.24, 2.45) is 0 Å². The molecule has 5 nitrogen and oxygen atoms in total. The molecular weight excluding hydrogens is 355 g/mol. The van der Waals surface area contributed by atoms with Crippen molar-refractivity contribution in [3.8, 4) is 6.07 Å². The van der Waals surface area contributed by atoms with Crippen LogP contribution in [-0.4, -0.2) is 24.0 Å². The molecule has 0 unspecified atom stereocenters. The first-order valence-electron chi connectivity index (χ1n) is 6.80. The third kappa shape index (κ3) is 3.83. The van der Waals surface area contributed by atoms with Crippen molar-refractivity contribution in [1.29, 1.82) is 5.26 Å². The minimum atomic E-state index is -0.925. The van der Waals surface area contributed by atoms with E-state index in [1.54, 1.807) is 0 Å². The van der Waals surface area contributed by atoms with Crippen molar-refractivity contribution in [1.82, 2.24) is 5.32 Å². The van der Waals surface area contributed by atoms with Gasteiger partial charge in [0.1, 0.15) is 11.4 Å². The zero-order valence-corrected chi connectivity index (χ0v) is 13.3. The number of benzene rings is 1. The van der Waals surface area contributed by atoms with Crippen LogP contribution in [-0.2, 0) is 9.53 Å². The first kappa shape index (κ1) is 16.4. The number of carbonyl (C=O) groups is 2. The number of nitrogens with one attached hydrogen (secondary N) is 1. The second-order valence-electron chi connectivity index (χ2n) is 5.15. The van der Waals surface area contributed by atoms with Gasteiger partial charge in [-0.25, -0.2) is 9.18 Å². The number of hydrogen-bond donors (Lipinski definition) is 1. The van der Waals surface area contributed by atoms with E-state index in [9.17, 15) is 14.0 Å². The average molecular weight is 369 g/mol. The summed E-state index contributed by atoms with van der Waals surface area (Å²) in [5, 5.41) is 11.8. The number of nitriles is 1. The van der Waals surface area contributed by atoms with Gasteiger partial charge in [-0.3, -0.25) is 4.79 Å². The smallest absolute Gasteiger partial charge is 0.341 e. The number of carbonyl (C=O) groups excluding carboxylic acids is 2. The summed E-state index contributed by atoms with van der Waals surface area (Å²) >= 11 is 3.13. The van der Waals surface area contributed by atoms with E-state index >= 15 is 0 Å². The van der Waals surface area contributed by atoms with Gasteiger partial charge in [-0.1, -0.05) is 15.9 Å². The number of rotatable bonds is 4. The van der Waals surface area contributed by atoms with Crippen molar-refractivity contribution in [3.63, 3.8) is 0 Å². The maximum absolute atomic E-state index is 13.5. The molecule has 0 heterocycles. The molecule has 1 aromatic carbocycles. The van der Waals surface area contributed by atoms with Crippen LogP contribution in [0.25, 0.3) is 0 Å². The maximum atomic E-state index is 13.5. The van der Waals surface area contributed by atoms with Crippen molar-refractivity contribution < 1.29 is 18.7 Å². The van der Waals surface area contributed by atoms with Gasteiger partial charge in [0.15, 0.2) is 6.61 Å². The van der Waals surface area contributed by atoms with Crippen LogP contribution in [0.5, 0.6) is 0 Å². The fraction of sp³-hybridized carbons (Fsp3) is 0.400. The first-order valence-corrected chi connectivity index (χ1v) is 7.59. The van der Waals surface area contributed by atoms with Crippen LogP contribution in [0, 0.1) is 17.1 Å². The van der Waals surface area contributed by atoms with Crippen molar-refractivity contribution in [3.05, 3.63) is 34.1 Å². The summed E-state index contributed by atoms with van der Waals surface area (Å²) in [7, 11) is 0. The summed E-state index contributed by atoms with van der Waals surface area (Å²) in [5.74, 6) is -2.21. The van der Waals surface area contributed by atoms with Crippen LogP contribution in [0.4, 0.5) is 4.39 Å². The zero-order valence-electron chi connectivity index (χ0n) is 11.7. The lowest BCUT2D eigenvalue weighted by Crippen LogP contribution is -2.46. The fourth-order valence-corrected chi connectivity index (χ4v) is 2.77. The standard InChI is InChI=1S/C15H14BrFN2O3/c16-10-3-4-12(17)11(7-10)14(21)22-8-13(20)19-15(9-18)5-1-2-6-15/h3-4,7H,1-2,5-6,8H2,(H,19,20). The Morgan fingerprint density at radius 3 is 2.73 bits per heavy atom. The van der Waals surface area contributed by atoms with E-state index in [4.69, 9.17) is 10.00 Å². The molecule has 0 atom stereocenters.